The van der Waals surface area contributed by atoms with Crippen molar-refractivity contribution < 1.29 is 19.1 Å². The lowest BCUT2D eigenvalue weighted by Crippen LogP contribution is -2.30. The van der Waals surface area contributed by atoms with E-state index in [2.05, 4.69) is 10.5 Å². The Bertz CT molecular complexity index is 1260. The Morgan fingerprint density at radius 2 is 1.86 bits per heavy atom. The molecule has 1 atom stereocenters. The fraction of sp³-hybridized carbons (Fsp3) is 0.222. The molecule has 1 heterocycles. The molecule has 9 heteroatoms. The Kier molecular flexibility index (Phi) is 8.46. The zero-order valence-electron chi connectivity index (χ0n) is 19.6. The average molecular weight is 526 g/mol. The molecule has 0 aliphatic carbocycles. The second-order valence-corrected chi connectivity index (χ2v) is 8.98. The monoisotopic (exact) mass is 525 g/mol. The molecule has 0 radical (unpaired) electrons. The number of carbonyl (C=O) groups excluding carboxylic acids is 2. The van der Waals surface area contributed by atoms with Gasteiger partial charge in [-0.1, -0.05) is 41.4 Å². The van der Waals surface area contributed by atoms with E-state index in [1.807, 2.05) is 37.3 Å². The summed E-state index contributed by atoms with van der Waals surface area (Å²) in [5.74, 6) is 0.199. The fourth-order valence-corrected chi connectivity index (χ4v) is 4.10. The van der Waals surface area contributed by atoms with Crippen LogP contribution in [0, 0.1) is 5.92 Å². The first-order valence-electron chi connectivity index (χ1n) is 11.5. The van der Waals surface area contributed by atoms with Crippen molar-refractivity contribution in [3.63, 3.8) is 0 Å². The first kappa shape index (κ1) is 25.5. The van der Waals surface area contributed by atoms with Crippen LogP contribution in [0.15, 0.2) is 71.8 Å². The third-order valence-corrected chi connectivity index (χ3v) is 6.25. The van der Waals surface area contributed by atoms with Crippen molar-refractivity contribution in [2.45, 2.75) is 20.0 Å². The number of hydrazone groups is 1. The minimum absolute atomic E-state index is 0.116. The number of nitrogens with zero attached hydrogens (tertiary/aromatic N) is 2. The Morgan fingerprint density at radius 1 is 1.08 bits per heavy atom. The number of hydrogen-bond acceptors (Lipinski definition) is 5. The van der Waals surface area contributed by atoms with E-state index in [-0.39, 0.29) is 24.8 Å². The molecule has 36 heavy (non-hydrogen) atoms. The van der Waals surface area contributed by atoms with Crippen LogP contribution < -0.4 is 19.8 Å². The number of carbonyl (C=O) groups is 2. The van der Waals surface area contributed by atoms with Crippen LogP contribution in [0.1, 0.15) is 24.5 Å². The van der Waals surface area contributed by atoms with Crippen LogP contribution in [0.5, 0.6) is 11.5 Å². The summed E-state index contributed by atoms with van der Waals surface area (Å²) in [6.07, 6.45) is 1.64. The van der Waals surface area contributed by atoms with Crippen molar-refractivity contribution in [3.8, 4) is 11.5 Å². The zero-order valence-corrected chi connectivity index (χ0v) is 21.1. The minimum atomic E-state index is -0.495. The molecule has 1 N–H and O–H groups in total. The summed E-state index contributed by atoms with van der Waals surface area (Å²) >= 11 is 12.1. The van der Waals surface area contributed by atoms with Gasteiger partial charge < -0.3 is 14.4 Å². The molecule has 3 aromatic rings. The maximum atomic E-state index is 12.6. The molecule has 0 saturated carbocycles. The smallest absolute Gasteiger partial charge is 0.245 e. The van der Waals surface area contributed by atoms with Gasteiger partial charge in [-0.15, -0.1) is 0 Å². The highest BCUT2D eigenvalue weighted by Crippen LogP contribution is 2.30. The van der Waals surface area contributed by atoms with Crippen LogP contribution in [0.3, 0.4) is 0 Å². The summed E-state index contributed by atoms with van der Waals surface area (Å²) in [5, 5.41) is 5.29. The highest BCUT2D eigenvalue weighted by atomic mass is 35.5. The largest absolute Gasteiger partial charge is 0.490 e. The highest BCUT2D eigenvalue weighted by Gasteiger charge is 2.35. The van der Waals surface area contributed by atoms with E-state index in [0.717, 1.165) is 5.56 Å². The van der Waals surface area contributed by atoms with Crippen LogP contribution in [-0.4, -0.2) is 31.2 Å². The third kappa shape index (κ3) is 6.36. The van der Waals surface area contributed by atoms with Gasteiger partial charge in [-0.05, 0) is 61.0 Å². The highest BCUT2D eigenvalue weighted by molar-refractivity contribution is 6.31. The molecule has 186 valence electrons. The predicted molar refractivity (Wildman–Crippen MR) is 141 cm³/mol. The van der Waals surface area contributed by atoms with Crippen LogP contribution in [0.2, 0.25) is 10.0 Å². The van der Waals surface area contributed by atoms with Crippen molar-refractivity contribution in [2.24, 2.45) is 11.0 Å². The zero-order chi connectivity index (χ0) is 25.5. The summed E-state index contributed by atoms with van der Waals surface area (Å²) in [6, 6.07) is 19.8. The lowest BCUT2D eigenvalue weighted by atomic mass is 10.1. The number of ether oxygens (including phenoxy) is 2. The minimum Gasteiger partial charge on any atom is -0.490 e. The van der Waals surface area contributed by atoms with E-state index < -0.39 is 5.92 Å². The van der Waals surface area contributed by atoms with E-state index in [1.54, 1.807) is 41.3 Å². The molecule has 0 aromatic heterocycles. The standard InChI is InChI=1S/C27H25Cl2N3O4/c1-2-35-25-13-18(7-12-24(25)36-17-19-5-3-4-6-23(19)29)15-30-31-27(34)20-14-26(33)32(16-20)22-10-8-21(28)9-11-22/h3-13,15,20H,2,14,16-17H2,1H3,(H,31,34)/b30-15-/t20-/m0/s1. The number of halogens is 2. The Hall–Kier alpha value is -3.55. The van der Waals surface area contributed by atoms with Gasteiger partial charge in [-0.3, -0.25) is 9.59 Å². The number of anilines is 1. The van der Waals surface area contributed by atoms with Crippen molar-refractivity contribution in [2.75, 3.05) is 18.1 Å². The third-order valence-electron chi connectivity index (χ3n) is 5.63. The van der Waals surface area contributed by atoms with Gasteiger partial charge in [0.2, 0.25) is 11.8 Å². The van der Waals surface area contributed by atoms with E-state index in [9.17, 15) is 9.59 Å². The van der Waals surface area contributed by atoms with Crippen molar-refractivity contribution in [3.05, 3.63) is 87.9 Å². The lowest BCUT2D eigenvalue weighted by Gasteiger charge is -2.16. The van der Waals surface area contributed by atoms with Gasteiger partial charge >= 0.3 is 0 Å². The molecule has 7 nitrogen and oxygen atoms in total. The van der Waals surface area contributed by atoms with Crippen LogP contribution >= 0.6 is 23.2 Å². The number of amides is 2. The summed E-state index contributed by atoms with van der Waals surface area (Å²) in [6.45, 7) is 2.93. The molecule has 1 saturated heterocycles. The summed E-state index contributed by atoms with van der Waals surface area (Å²) in [7, 11) is 0. The molecule has 1 aliphatic heterocycles. The van der Waals surface area contributed by atoms with Gasteiger partial charge in [0.25, 0.3) is 0 Å². The number of rotatable bonds is 9. The van der Waals surface area contributed by atoms with E-state index in [0.29, 0.717) is 46.0 Å². The lowest BCUT2D eigenvalue weighted by molar-refractivity contribution is -0.126. The normalized spacial score (nSPS) is 15.4. The molecule has 1 aliphatic rings. The molecule has 0 bridgehead atoms. The molecule has 0 spiro atoms. The number of hydrogen-bond donors (Lipinski definition) is 1. The number of nitrogens with one attached hydrogen (secondary N) is 1. The molecule has 4 rings (SSSR count). The van der Waals surface area contributed by atoms with Gasteiger partial charge in [0.15, 0.2) is 11.5 Å². The summed E-state index contributed by atoms with van der Waals surface area (Å²) in [4.78, 5) is 26.6. The van der Waals surface area contributed by atoms with Crippen LogP contribution in [-0.2, 0) is 16.2 Å². The van der Waals surface area contributed by atoms with Crippen molar-refractivity contribution >= 4 is 46.9 Å². The number of benzene rings is 3. The predicted octanol–water partition coefficient (Wildman–Crippen LogP) is 5.47. The first-order valence-corrected chi connectivity index (χ1v) is 12.2. The van der Waals surface area contributed by atoms with Gasteiger partial charge in [-0.2, -0.15) is 5.10 Å². The topological polar surface area (TPSA) is 80.2 Å². The summed E-state index contributed by atoms with van der Waals surface area (Å²) in [5.41, 5.74) is 4.84. The van der Waals surface area contributed by atoms with Gasteiger partial charge in [0.05, 0.1) is 18.7 Å². The van der Waals surface area contributed by atoms with Crippen molar-refractivity contribution in [1.29, 1.82) is 0 Å². The fourth-order valence-electron chi connectivity index (χ4n) is 3.78. The first-order chi connectivity index (χ1) is 17.4. The van der Waals surface area contributed by atoms with E-state index in [4.69, 9.17) is 32.7 Å². The van der Waals surface area contributed by atoms with Crippen molar-refractivity contribution in [1.82, 2.24) is 5.43 Å². The van der Waals surface area contributed by atoms with Gasteiger partial charge in [0.1, 0.15) is 6.61 Å². The second kappa shape index (κ2) is 11.9. The molecule has 0 unspecified atom stereocenters. The van der Waals surface area contributed by atoms with Crippen LogP contribution in [0.4, 0.5) is 5.69 Å². The van der Waals surface area contributed by atoms with E-state index >= 15 is 0 Å². The molecule has 1 fully saturated rings. The molecule has 2 amide bonds. The Labute approximate surface area is 219 Å². The van der Waals surface area contributed by atoms with Crippen LogP contribution in [0.25, 0.3) is 0 Å². The van der Waals surface area contributed by atoms with E-state index in [1.165, 1.54) is 6.21 Å². The Balaban J connectivity index is 1.36. The molecular weight excluding hydrogens is 501 g/mol. The maximum absolute atomic E-state index is 12.6. The Morgan fingerprint density at radius 3 is 2.61 bits per heavy atom. The average Bonchev–Trinajstić information content (AvgIpc) is 3.26. The summed E-state index contributed by atoms with van der Waals surface area (Å²) < 4.78 is 11.6. The van der Waals surface area contributed by atoms with Gasteiger partial charge in [-0.25, -0.2) is 5.43 Å². The molecule has 3 aromatic carbocycles. The maximum Gasteiger partial charge on any atom is 0.245 e. The SMILES string of the molecule is CCOc1cc(/C=N\NC(=O)[C@H]2CC(=O)N(c3ccc(Cl)cc3)C2)ccc1OCc1ccccc1Cl. The quantitative estimate of drug-likeness (QED) is 0.296. The molecular formula is C27H25Cl2N3O4. The van der Waals surface area contributed by atoms with Gasteiger partial charge in [0, 0.05) is 34.3 Å². The second-order valence-electron chi connectivity index (χ2n) is 8.14.